The predicted octanol–water partition coefficient (Wildman–Crippen LogP) is 2.60. The first kappa shape index (κ1) is 19.2. The van der Waals surface area contributed by atoms with E-state index in [9.17, 15) is 14.4 Å². The zero-order chi connectivity index (χ0) is 20.6. The molecule has 1 saturated heterocycles. The van der Waals surface area contributed by atoms with Crippen molar-refractivity contribution in [3.05, 3.63) is 53.5 Å². The molecule has 1 N–H and O–H groups in total. The van der Waals surface area contributed by atoms with Gasteiger partial charge in [-0.25, -0.2) is 0 Å². The summed E-state index contributed by atoms with van der Waals surface area (Å²) in [6.07, 6.45) is 2.60. The van der Waals surface area contributed by atoms with Crippen LogP contribution in [0.5, 0.6) is 0 Å². The summed E-state index contributed by atoms with van der Waals surface area (Å²) < 4.78 is 5.17. The molecule has 0 bridgehead atoms. The first-order chi connectivity index (χ1) is 13.9. The molecule has 0 radical (unpaired) electrons. The summed E-state index contributed by atoms with van der Waals surface area (Å²) in [6, 6.07) is 9.07. The molecule has 2 aromatic rings. The van der Waals surface area contributed by atoms with Crippen LogP contribution in [0.4, 0.5) is 5.69 Å². The van der Waals surface area contributed by atoms with Gasteiger partial charge in [-0.3, -0.25) is 14.4 Å². The fraction of sp³-hybridized carbons (Fsp3) is 0.409. The number of nitrogens with one attached hydrogen (secondary N) is 1. The van der Waals surface area contributed by atoms with Gasteiger partial charge in [-0.1, -0.05) is 12.1 Å². The Labute approximate surface area is 169 Å². The summed E-state index contributed by atoms with van der Waals surface area (Å²) in [5, 5.41) is 2.96. The molecule has 1 aliphatic carbocycles. The fourth-order valence-electron chi connectivity index (χ4n) is 3.76. The van der Waals surface area contributed by atoms with Crippen LogP contribution < -0.4 is 5.32 Å². The molecule has 0 unspecified atom stereocenters. The van der Waals surface area contributed by atoms with Crippen LogP contribution in [0.3, 0.4) is 0 Å². The lowest BCUT2D eigenvalue weighted by Gasteiger charge is -2.36. The first-order valence-electron chi connectivity index (χ1n) is 9.92. The number of piperazine rings is 1. The molecule has 1 saturated carbocycles. The second-order valence-corrected chi connectivity index (χ2v) is 7.85. The second-order valence-electron chi connectivity index (χ2n) is 7.85. The van der Waals surface area contributed by atoms with Crippen molar-refractivity contribution in [1.29, 1.82) is 0 Å². The number of hydrogen-bond donors (Lipinski definition) is 1. The molecule has 0 atom stereocenters. The van der Waals surface area contributed by atoms with Gasteiger partial charge in [0.2, 0.25) is 11.8 Å². The quantitative estimate of drug-likeness (QED) is 0.807. The Morgan fingerprint density at radius 3 is 2.28 bits per heavy atom. The smallest absolute Gasteiger partial charge is 0.289 e. The summed E-state index contributed by atoms with van der Waals surface area (Å²) in [5.41, 5.74) is 1.89. The molecule has 1 aromatic heterocycles. The minimum Gasteiger partial charge on any atom is -0.459 e. The zero-order valence-electron chi connectivity index (χ0n) is 16.7. The van der Waals surface area contributed by atoms with Crippen molar-refractivity contribution in [3.63, 3.8) is 0 Å². The Bertz CT molecular complexity index is 939. The highest BCUT2D eigenvalue weighted by molar-refractivity contribution is 6.13. The third kappa shape index (κ3) is 3.52. The molecule has 1 aliphatic heterocycles. The average Bonchev–Trinajstić information content (AvgIpc) is 3.37. The number of carbonyl (C=O) groups is 3. The largest absolute Gasteiger partial charge is 0.459 e. The van der Waals surface area contributed by atoms with Gasteiger partial charge in [0.15, 0.2) is 5.76 Å². The Hall–Kier alpha value is -3.09. The Morgan fingerprint density at radius 1 is 0.966 bits per heavy atom. The Morgan fingerprint density at radius 2 is 1.66 bits per heavy atom. The van der Waals surface area contributed by atoms with Crippen molar-refractivity contribution >= 4 is 23.4 Å². The monoisotopic (exact) mass is 395 g/mol. The van der Waals surface area contributed by atoms with Gasteiger partial charge in [0, 0.05) is 31.9 Å². The van der Waals surface area contributed by atoms with E-state index in [4.69, 9.17) is 4.42 Å². The van der Waals surface area contributed by atoms with Gasteiger partial charge in [0.25, 0.3) is 5.91 Å². The minimum absolute atomic E-state index is 0.134. The van der Waals surface area contributed by atoms with Gasteiger partial charge in [0.1, 0.15) is 5.41 Å². The van der Waals surface area contributed by atoms with Gasteiger partial charge in [0.05, 0.1) is 6.26 Å². The van der Waals surface area contributed by atoms with Crippen molar-refractivity contribution in [1.82, 2.24) is 9.80 Å². The van der Waals surface area contributed by atoms with Crippen LogP contribution >= 0.6 is 0 Å². The SMILES string of the molecule is Cc1cccc(NC(=O)C2(C(=O)N3CCN(C(=O)c4ccco4)CC3)CC2)c1C. The lowest BCUT2D eigenvalue weighted by Crippen LogP contribution is -2.53. The van der Waals surface area contributed by atoms with Crippen LogP contribution in [-0.2, 0) is 9.59 Å². The molecule has 152 valence electrons. The number of benzene rings is 1. The van der Waals surface area contributed by atoms with Gasteiger partial charge in [-0.05, 0) is 56.0 Å². The van der Waals surface area contributed by atoms with Crippen LogP contribution in [0, 0.1) is 19.3 Å². The second kappa shape index (κ2) is 7.39. The molecule has 7 nitrogen and oxygen atoms in total. The topological polar surface area (TPSA) is 82.9 Å². The number of nitrogens with zero attached hydrogens (tertiary/aromatic N) is 2. The van der Waals surface area contributed by atoms with E-state index in [1.165, 1.54) is 6.26 Å². The molecule has 0 spiro atoms. The van der Waals surface area contributed by atoms with Crippen molar-refractivity contribution < 1.29 is 18.8 Å². The van der Waals surface area contributed by atoms with Crippen molar-refractivity contribution in [2.45, 2.75) is 26.7 Å². The number of carbonyl (C=O) groups excluding carboxylic acids is 3. The lowest BCUT2D eigenvalue weighted by molar-refractivity contribution is -0.143. The Balaban J connectivity index is 1.39. The maximum Gasteiger partial charge on any atom is 0.289 e. The Kier molecular flexibility index (Phi) is 4.90. The maximum atomic E-state index is 13.1. The number of aryl methyl sites for hydroxylation is 1. The third-order valence-electron chi connectivity index (χ3n) is 6.03. The van der Waals surface area contributed by atoms with E-state index in [0.29, 0.717) is 44.8 Å². The highest BCUT2D eigenvalue weighted by Crippen LogP contribution is 2.48. The normalized spacial score (nSPS) is 17.7. The van der Waals surface area contributed by atoms with Crippen LogP contribution in [-0.4, -0.2) is 53.7 Å². The number of furan rings is 1. The summed E-state index contributed by atoms with van der Waals surface area (Å²) in [4.78, 5) is 41.8. The molecule has 3 amide bonds. The van der Waals surface area contributed by atoms with Crippen molar-refractivity contribution in [2.75, 3.05) is 31.5 Å². The fourth-order valence-corrected chi connectivity index (χ4v) is 3.76. The highest BCUT2D eigenvalue weighted by atomic mass is 16.3. The molecule has 1 aromatic carbocycles. The van der Waals surface area contributed by atoms with Crippen LogP contribution in [0.1, 0.15) is 34.5 Å². The first-order valence-corrected chi connectivity index (χ1v) is 9.92. The van der Waals surface area contributed by atoms with Crippen LogP contribution in [0.15, 0.2) is 41.0 Å². The predicted molar refractivity (Wildman–Crippen MR) is 107 cm³/mol. The molecule has 2 aliphatic rings. The lowest BCUT2D eigenvalue weighted by atomic mass is 10.0. The van der Waals surface area contributed by atoms with E-state index in [1.54, 1.807) is 21.9 Å². The summed E-state index contributed by atoms with van der Waals surface area (Å²) >= 11 is 0. The van der Waals surface area contributed by atoms with E-state index >= 15 is 0 Å². The van der Waals surface area contributed by atoms with E-state index in [0.717, 1.165) is 16.8 Å². The van der Waals surface area contributed by atoms with E-state index in [1.807, 2.05) is 32.0 Å². The van der Waals surface area contributed by atoms with Crippen molar-refractivity contribution in [2.24, 2.45) is 5.41 Å². The average molecular weight is 395 g/mol. The summed E-state index contributed by atoms with van der Waals surface area (Å²) in [5.74, 6) is -0.233. The standard InChI is InChI=1S/C22H25N3O4/c1-15-5-3-6-17(16(15)2)23-20(27)22(8-9-22)21(28)25-12-10-24(11-13-25)19(26)18-7-4-14-29-18/h3-7,14H,8-13H2,1-2H3,(H,23,27). The van der Waals surface area contributed by atoms with Crippen LogP contribution in [0.25, 0.3) is 0 Å². The number of amides is 3. The molecular weight excluding hydrogens is 370 g/mol. The van der Waals surface area contributed by atoms with Gasteiger partial charge in [-0.2, -0.15) is 0 Å². The third-order valence-corrected chi connectivity index (χ3v) is 6.03. The van der Waals surface area contributed by atoms with Gasteiger partial charge in [-0.15, -0.1) is 0 Å². The molecule has 29 heavy (non-hydrogen) atoms. The maximum absolute atomic E-state index is 13.1. The number of rotatable bonds is 4. The molecule has 7 heteroatoms. The van der Waals surface area contributed by atoms with Crippen molar-refractivity contribution in [3.8, 4) is 0 Å². The number of hydrogen-bond acceptors (Lipinski definition) is 4. The van der Waals surface area contributed by atoms with E-state index in [-0.39, 0.29) is 17.7 Å². The van der Waals surface area contributed by atoms with E-state index in [2.05, 4.69) is 5.32 Å². The molecule has 2 heterocycles. The summed E-state index contributed by atoms with van der Waals surface area (Å²) in [6.45, 7) is 5.65. The highest BCUT2D eigenvalue weighted by Gasteiger charge is 2.58. The molecule has 4 rings (SSSR count). The zero-order valence-corrected chi connectivity index (χ0v) is 16.7. The summed E-state index contributed by atoms with van der Waals surface area (Å²) in [7, 11) is 0. The minimum atomic E-state index is -0.969. The van der Waals surface area contributed by atoms with Gasteiger partial charge < -0.3 is 19.5 Å². The number of anilines is 1. The van der Waals surface area contributed by atoms with Crippen LogP contribution in [0.2, 0.25) is 0 Å². The van der Waals surface area contributed by atoms with E-state index < -0.39 is 5.41 Å². The molecule has 2 fully saturated rings. The van der Waals surface area contributed by atoms with Gasteiger partial charge >= 0.3 is 0 Å². The molecular formula is C22H25N3O4.